The van der Waals surface area contributed by atoms with Gasteiger partial charge >= 0.3 is 0 Å². The largest absolute Gasteiger partial charge is 0.359 e. The number of fused-ring (bicyclic) bond motifs is 2. The number of rotatable bonds is 3. The van der Waals surface area contributed by atoms with Gasteiger partial charge in [0, 0.05) is 41.3 Å². The van der Waals surface area contributed by atoms with Crippen LogP contribution < -0.4 is 5.32 Å². The predicted octanol–water partition coefficient (Wildman–Crippen LogP) is 5.87. The molecule has 4 aromatic rings. The smallest absolute Gasteiger partial charge is 0.184 e. The van der Waals surface area contributed by atoms with Gasteiger partial charge in [-0.25, -0.2) is 9.37 Å². The first-order valence-corrected chi connectivity index (χ1v) is 11.7. The van der Waals surface area contributed by atoms with Crippen LogP contribution in [0.15, 0.2) is 30.6 Å². The second-order valence-electron chi connectivity index (χ2n) is 10.2. The molecular weight excluding hydrogens is 459 g/mol. The van der Waals surface area contributed by atoms with Crippen molar-refractivity contribution in [1.82, 2.24) is 24.6 Å². The van der Waals surface area contributed by atoms with E-state index in [2.05, 4.69) is 55.0 Å². The molecule has 176 valence electrons. The minimum Gasteiger partial charge on any atom is -0.359 e. The standard InChI is InChI=1S/C24H29FN6S.ClH/c1-23(2)10-16(11-24(3,4)31(23)6)27-22-28-19-12-26-18(9-20(19)32-22)14-7-15-13-30(5)29-21(15)17(25)8-14;/h7-9,12-13,16H,10-11H2,1-6H3,(H,27,28);1H. The number of piperidine rings is 1. The molecule has 0 saturated carbocycles. The molecule has 0 spiro atoms. The number of nitrogens with one attached hydrogen (secondary N) is 1. The van der Waals surface area contributed by atoms with Crippen molar-refractivity contribution in [1.29, 1.82) is 0 Å². The van der Waals surface area contributed by atoms with E-state index in [1.165, 1.54) is 6.07 Å². The molecule has 0 bridgehead atoms. The molecule has 1 aromatic carbocycles. The van der Waals surface area contributed by atoms with Crippen LogP contribution in [0.2, 0.25) is 0 Å². The van der Waals surface area contributed by atoms with Crippen LogP contribution in [0.1, 0.15) is 40.5 Å². The molecule has 33 heavy (non-hydrogen) atoms. The van der Waals surface area contributed by atoms with Gasteiger partial charge in [-0.15, -0.1) is 12.4 Å². The highest BCUT2D eigenvalue weighted by atomic mass is 35.5. The molecule has 3 aromatic heterocycles. The maximum atomic E-state index is 14.6. The van der Waals surface area contributed by atoms with Gasteiger partial charge in [0.25, 0.3) is 0 Å². The van der Waals surface area contributed by atoms with E-state index in [0.717, 1.165) is 44.8 Å². The first kappa shape index (κ1) is 23.9. The molecule has 9 heteroatoms. The molecule has 1 N–H and O–H groups in total. The van der Waals surface area contributed by atoms with Crippen LogP contribution in [0.25, 0.3) is 32.4 Å². The van der Waals surface area contributed by atoms with E-state index in [1.807, 2.05) is 18.3 Å². The Hall–Kier alpha value is -2.29. The third-order valence-corrected chi connectivity index (χ3v) is 7.83. The summed E-state index contributed by atoms with van der Waals surface area (Å²) < 4.78 is 17.2. The van der Waals surface area contributed by atoms with Gasteiger partial charge in [-0.2, -0.15) is 5.10 Å². The number of halogens is 2. The molecule has 4 heterocycles. The third-order valence-electron chi connectivity index (χ3n) is 6.88. The predicted molar refractivity (Wildman–Crippen MR) is 137 cm³/mol. The number of anilines is 1. The molecule has 0 aliphatic carbocycles. The summed E-state index contributed by atoms with van der Waals surface area (Å²) in [7, 11) is 4.01. The summed E-state index contributed by atoms with van der Waals surface area (Å²) in [5, 5.41) is 9.54. The molecule has 6 nitrogen and oxygen atoms in total. The Morgan fingerprint density at radius 2 is 1.79 bits per heavy atom. The third kappa shape index (κ3) is 4.32. The number of thiazole rings is 1. The Morgan fingerprint density at radius 1 is 1.09 bits per heavy atom. The number of benzene rings is 1. The van der Waals surface area contributed by atoms with E-state index in [9.17, 15) is 4.39 Å². The lowest BCUT2D eigenvalue weighted by Crippen LogP contribution is -2.61. The number of likely N-dealkylation sites (tertiary alicyclic amines) is 1. The van der Waals surface area contributed by atoms with Crippen LogP contribution in [0.4, 0.5) is 9.52 Å². The zero-order chi connectivity index (χ0) is 22.8. The van der Waals surface area contributed by atoms with Gasteiger partial charge in [0.2, 0.25) is 0 Å². The number of pyridine rings is 1. The van der Waals surface area contributed by atoms with Crippen LogP contribution in [-0.4, -0.2) is 48.8 Å². The van der Waals surface area contributed by atoms with Crippen molar-refractivity contribution in [2.24, 2.45) is 7.05 Å². The summed E-state index contributed by atoms with van der Waals surface area (Å²) in [4.78, 5) is 11.8. The summed E-state index contributed by atoms with van der Waals surface area (Å²) in [5.74, 6) is -0.334. The van der Waals surface area contributed by atoms with Gasteiger partial charge in [0.15, 0.2) is 10.9 Å². The fraction of sp³-hybridized carbons (Fsp3) is 0.458. The zero-order valence-electron chi connectivity index (χ0n) is 19.8. The average molecular weight is 489 g/mol. The monoisotopic (exact) mass is 488 g/mol. The van der Waals surface area contributed by atoms with Crippen molar-refractivity contribution in [2.45, 2.75) is 57.7 Å². The molecule has 0 atom stereocenters. The lowest BCUT2D eigenvalue weighted by Gasteiger charge is -2.53. The average Bonchev–Trinajstić information content (AvgIpc) is 3.27. The summed E-state index contributed by atoms with van der Waals surface area (Å²) in [6, 6.07) is 5.79. The minimum atomic E-state index is -0.334. The van der Waals surface area contributed by atoms with Crippen LogP contribution in [0, 0.1) is 5.82 Å². The van der Waals surface area contributed by atoms with E-state index in [0.29, 0.717) is 11.6 Å². The maximum absolute atomic E-state index is 14.6. The Morgan fingerprint density at radius 3 is 2.48 bits per heavy atom. The Balaban J connectivity index is 0.00000259. The summed E-state index contributed by atoms with van der Waals surface area (Å²) in [5.41, 5.74) is 2.94. The number of nitrogens with zero attached hydrogens (tertiary/aromatic N) is 5. The van der Waals surface area contributed by atoms with Crippen LogP contribution in [-0.2, 0) is 7.05 Å². The van der Waals surface area contributed by atoms with Crippen molar-refractivity contribution >= 4 is 50.0 Å². The van der Waals surface area contributed by atoms with Gasteiger partial charge in [0.05, 0.1) is 16.6 Å². The highest BCUT2D eigenvalue weighted by molar-refractivity contribution is 7.22. The highest BCUT2D eigenvalue weighted by Crippen LogP contribution is 2.39. The fourth-order valence-corrected chi connectivity index (χ4v) is 6.01. The fourth-order valence-electron chi connectivity index (χ4n) is 5.06. The van der Waals surface area contributed by atoms with Gasteiger partial charge in [0.1, 0.15) is 11.0 Å². The van der Waals surface area contributed by atoms with Gasteiger partial charge in [-0.1, -0.05) is 11.3 Å². The zero-order valence-corrected chi connectivity index (χ0v) is 21.4. The van der Waals surface area contributed by atoms with Crippen molar-refractivity contribution in [3.8, 4) is 11.3 Å². The molecule has 0 radical (unpaired) electrons. The van der Waals surface area contributed by atoms with E-state index < -0.39 is 0 Å². The van der Waals surface area contributed by atoms with E-state index in [4.69, 9.17) is 4.98 Å². The first-order valence-electron chi connectivity index (χ1n) is 10.9. The number of hydrogen-bond donors (Lipinski definition) is 1. The maximum Gasteiger partial charge on any atom is 0.184 e. The first-order chi connectivity index (χ1) is 15.0. The van der Waals surface area contributed by atoms with Gasteiger partial charge < -0.3 is 5.32 Å². The summed E-state index contributed by atoms with van der Waals surface area (Å²) in [6.07, 6.45) is 5.70. The normalized spacial score (nSPS) is 18.5. The Kier molecular flexibility index (Phi) is 5.91. The van der Waals surface area contributed by atoms with E-state index >= 15 is 0 Å². The minimum absolute atomic E-state index is 0. The topological polar surface area (TPSA) is 58.9 Å². The SMILES string of the molecule is CN1C(C)(C)CC(Nc2nc3cnc(-c4cc(F)c5nn(C)cc5c4)cc3s2)CC1(C)C.Cl. The molecule has 1 aliphatic rings. The number of aryl methyl sites for hydroxylation is 1. The molecule has 1 saturated heterocycles. The molecule has 0 amide bonds. The molecular formula is C24H30ClFN6S. The van der Waals surface area contributed by atoms with Gasteiger partial charge in [-0.05, 0) is 65.8 Å². The molecule has 0 unspecified atom stereocenters. The Labute approximate surface area is 203 Å². The summed E-state index contributed by atoms with van der Waals surface area (Å²) >= 11 is 1.63. The number of hydrogen-bond acceptors (Lipinski definition) is 6. The molecule has 5 rings (SSSR count). The van der Waals surface area contributed by atoms with Crippen molar-refractivity contribution < 1.29 is 4.39 Å². The van der Waals surface area contributed by atoms with Crippen molar-refractivity contribution in [3.63, 3.8) is 0 Å². The Bertz CT molecular complexity index is 1310. The van der Waals surface area contributed by atoms with Crippen LogP contribution in [0.5, 0.6) is 0 Å². The molecule has 1 aliphatic heterocycles. The number of aromatic nitrogens is 4. The lowest BCUT2D eigenvalue weighted by atomic mass is 9.77. The highest BCUT2D eigenvalue weighted by Gasteiger charge is 2.43. The van der Waals surface area contributed by atoms with Crippen molar-refractivity contribution in [2.75, 3.05) is 12.4 Å². The van der Waals surface area contributed by atoms with Crippen molar-refractivity contribution in [3.05, 3.63) is 36.4 Å². The summed E-state index contributed by atoms with van der Waals surface area (Å²) in [6.45, 7) is 9.20. The second kappa shape index (κ2) is 8.18. The van der Waals surface area contributed by atoms with E-state index in [1.54, 1.807) is 29.3 Å². The van der Waals surface area contributed by atoms with Crippen LogP contribution >= 0.6 is 23.7 Å². The quantitative estimate of drug-likeness (QED) is 0.391. The lowest BCUT2D eigenvalue weighted by molar-refractivity contribution is -0.00767. The van der Waals surface area contributed by atoms with E-state index in [-0.39, 0.29) is 29.3 Å². The molecule has 1 fully saturated rings. The van der Waals surface area contributed by atoms with Crippen LogP contribution in [0.3, 0.4) is 0 Å². The second-order valence-corrected chi connectivity index (χ2v) is 11.2. The van der Waals surface area contributed by atoms with Gasteiger partial charge in [-0.3, -0.25) is 14.6 Å².